The molecule has 0 aliphatic carbocycles. The summed E-state index contributed by atoms with van der Waals surface area (Å²) in [4.78, 5) is 18.3. The molecule has 4 nitrogen and oxygen atoms in total. The van der Waals surface area contributed by atoms with Crippen LogP contribution in [0.4, 0.5) is 25.0 Å². The molecule has 8 heteroatoms. The lowest BCUT2D eigenvalue weighted by Crippen LogP contribution is -2.39. The summed E-state index contributed by atoms with van der Waals surface area (Å²) in [6.45, 7) is 0.556. The van der Waals surface area contributed by atoms with Crippen molar-refractivity contribution in [3.8, 4) is 0 Å². The number of amidine groups is 1. The van der Waals surface area contributed by atoms with Crippen molar-refractivity contribution < 1.29 is 13.6 Å². The Balaban J connectivity index is 1.93. The maximum Gasteiger partial charge on any atom is 0.332 e. The van der Waals surface area contributed by atoms with Crippen LogP contribution in [0.15, 0.2) is 53.5 Å². The number of para-hydroxylation sites is 1. The van der Waals surface area contributed by atoms with Gasteiger partial charge in [0.2, 0.25) is 0 Å². The molecule has 1 aliphatic rings. The summed E-state index contributed by atoms with van der Waals surface area (Å²) in [5, 5.41) is 3.35. The van der Waals surface area contributed by atoms with E-state index in [1.54, 1.807) is 24.3 Å². The molecule has 2 amide bonds. The summed E-state index contributed by atoms with van der Waals surface area (Å²) in [5.74, 6) is -1.51. The largest absolute Gasteiger partial charge is 0.332 e. The van der Waals surface area contributed by atoms with Crippen LogP contribution in [-0.4, -0.2) is 27.4 Å². The number of urea groups is 1. The quantitative estimate of drug-likeness (QED) is 0.509. The molecule has 0 fully saturated rings. The van der Waals surface area contributed by atoms with Gasteiger partial charge in [-0.15, -0.1) is 0 Å². The molecular weight excluding hydrogens is 459 g/mol. The fourth-order valence-electron chi connectivity index (χ4n) is 2.27. The van der Waals surface area contributed by atoms with Crippen LogP contribution in [-0.2, 0) is 0 Å². The summed E-state index contributed by atoms with van der Waals surface area (Å²) in [5.41, 5.74) is 0.546. The van der Waals surface area contributed by atoms with Gasteiger partial charge in [0.05, 0.1) is 12.2 Å². The number of rotatable bonds is 3. The van der Waals surface area contributed by atoms with Crippen molar-refractivity contribution in [2.75, 3.05) is 21.2 Å². The number of alkyl halides is 1. The highest BCUT2D eigenvalue weighted by Crippen LogP contribution is 2.30. The summed E-state index contributed by atoms with van der Waals surface area (Å²) < 4.78 is 28.4. The van der Waals surface area contributed by atoms with Gasteiger partial charge in [-0.3, -0.25) is 4.99 Å². The molecule has 0 saturated carbocycles. The number of amides is 2. The number of halogens is 3. The monoisotopic (exact) mass is 473 g/mol. The Morgan fingerprint density at radius 3 is 2.68 bits per heavy atom. The fourth-order valence-corrected chi connectivity index (χ4v) is 4.03. The minimum atomic E-state index is -0.815. The van der Waals surface area contributed by atoms with E-state index in [-0.39, 0.29) is 10.9 Å². The minimum absolute atomic E-state index is 0.0322. The molecule has 2 aromatic rings. The number of nitrogens with one attached hydrogen (secondary N) is 1. The van der Waals surface area contributed by atoms with Gasteiger partial charge in [0.15, 0.2) is 5.17 Å². The molecule has 25 heavy (non-hydrogen) atoms. The third kappa shape index (κ3) is 4.30. The average molecular weight is 473 g/mol. The summed E-state index contributed by atoms with van der Waals surface area (Å²) >= 11 is 3.66. The van der Waals surface area contributed by atoms with E-state index in [4.69, 9.17) is 0 Å². The molecule has 3 rings (SSSR count). The summed E-state index contributed by atoms with van der Waals surface area (Å²) in [6.07, 6.45) is 0. The maximum absolute atomic E-state index is 14.3. The molecular formula is C17H14F2IN3OS. The predicted octanol–water partition coefficient (Wildman–Crippen LogP) is 4.91. The van der Waals surface area contributed by atoms with Crippen molar-refractivity contribution in [1.29, 1.82) is 0 Å². The topological polar surface area (TPSA) is 44.7 Å². The van der Waals surface area contributed by atoms with Crippen molar-refractivity contribution >= 4 is 56.9 Å². The van der Waals surface area contributed by atoms with E-state index in [2.05, 4.69) is 32.9 Å². The molecule has 0 spiro atoms. The molecule has 1 atom stereocenters. The summed E-state index contributed by atoms with van der Waals surface area (Å²) in [6, 6.07) is 11.4. The first-order valence-electron chi connectivity index (χ1n) is 7.47. The molecule has 0 radical (unpaired) electrons. The van der Waals surface area contributed by atoms with Gasteiger partial charge >= 0.3 is 6.03 Å². The Morgan fingerprint density at radius 2 is 2.04 bits per heavy atom. The van der Waals surface area contributed by atoms with Crippen LogP contribution in [0, 0.1) is 11.6 Å². The molecule has 1 N–H and O–H groups in total. The van der Waals surface area contributed by atoms with E-state index in [0.29, 0.717) is 17.4 Å². The van der Waals surface area contributed by atoms with Gasteiger partial charge in [-0.25, -0.2) is 18.5 Å². The number of hydrogen-bond donors (Lipinski definition) is 1. The molecule has 0 aromatic heterocycles. The van der Waals surface area contributed by atoms with Gasteiger partial charge in [0.25, 0.3) is 0 Å². The van der Waals surface area contributed by atoms with Gasteiger partial charge in [-0.2, -0.15) is 0 Å². The highest BCUT2D eigenvalue weighted by molar-refractivity contribution is 14.1. The highest BCUT2D eigenvalue weighted by atomic mass is 127. The third-order valence-corrected chi connectivity index (χ3v) is 6.28. The number of aliphatic imine (C=N–C) groups is 1. The van der Waals surface area contributed by atoms with Gasteiger partial charge in [0.1, 0.15) is 11.6 Å². The first-order valence-corrected chi connectivity index (χ1v) is 9.87. The van der Waals surface area contributed by atoms with Crippen LogP contribution < -0.4 is 10.2 Å². The second-order valence-electron chi connectivity index (χ2n) is 5.24. The van der Waals surface area contributed by atoms with Crippen molar-refractivity contribution in [2.45, 2.75) is 5.25 Å². The average Bonchev–Trinajstić information content (AvgIpc) is 3.07. The van der Waals surface area contributed by atoms with Crippen molar-refractivity contribution in [1.82, 2.24) is 0 Å². The molecule has 0 bridgehead atoms. The number of thioether (sulfide) groups is 1. The van der Waals surface area contributed by atoms with Crippen LogP contribution in [0.25, 0.3) is 0 Å². The van der Waals surface area contributed by atoms with E-state index >= 15 is 0 Å². The van der Waals surface area contributed by atoms with Gasteiger partial charge in [0, 0.05) is 21.4 Å². The molecule has 2 aromatic carbocycles. The maximum atomic E-state index is 14.3. The third-order valence-electron chi connectivity index (χ3n) is 3.44. The van der Waals surface area contributed by atoms with E-state index in [0.717, 1.165) is 16.6 Å². The Kier molecular flexibility index (Phi) is 5.89. The Morgan fingerprint density at radius 1 is 1.28 bits per heavy atom. The van der Waals surface area contributed by atoms with Gasteiger partial charge in [-0.1, -0.05) is 52.6 Å². The van der Waals surface area contributed by atoms with Crippen molar-refractivity contribution in [2.24, 2.45) is 4.99 Å². The van der Waals surface area contributed by atoms with Crippen LogP contribution in [0.5, 0.6) is 0 Å². The highest BCUT2D eigenvalue weighted by Gasteiger charge is 2.30. The zero-order valence-electron chi connectivity index (χ0n) is 13.0. The first kappa shape index (κ1) is 18.1. The number of benzene rings is 2. The molecule has 1 heterocycles. The zero-order chi connectivity index (χ0) is 17.8. The van der Waals surface area contributed by atoms with Gasteiger partial charge in [-0.05, 0) is 24.3 Å². The van der Waals surface area contributed by atoms with Crippen molar-refractivity contribution in [3.05, 3.63) is 60.2 Å². The number of anilines is 2. The number of carbonyl (C=O) groups is 1. The number of hydrogen-bond acceptors (Lipinski definition) is 3. The van der Waals surface area contributed by atoms with Gasteiger partial charge < -0.3 is 5.32 Å². The minimum Gasteiger partial charge on any atom is -0.307 e. The lowest BCUT2D eigenvalue weighted by Gasteiger charge is -2.23. The molecule has 1 aliphatic heterocycles. The van der Waals surface area contributed by atoms with E-state index in [1.807, 2.05) is 6.07 Å². The first-order chi connectivity index (χ1) is 12.1. The summed E-state index contributed by atoms with van der Waals surface area (Å²) in [7, 11) is 0. The number of carbonyl (C=O) groups excluding carboxylic acids is 1. The Bertz CT molecular complexity index is 804. The van der Waals surface area contributed by atoms with Crippen LogP contribution in [0.2, 0.25) is 0 Å². The number of nitrogens with zero attached hydrogens (tertiary/aromatic N) is 2. The molecule has 0 unspecified atom stereocenters. The molecule has 130 valence electrons. The lowest BCUT2D eigenvalue weighted by molar-refractivity contribution is 0.259. The molecule has 0 saturated heterocycles. The van der Waals surface area contributed by atoms with Crippen molar-refractivity contribution in [3.63, 3.8) is 0 Å². The second-order valence-corrected chi connectivity index (χ2v) is 7.39. The Hall–Kier alpha value is -1.68. The SMILES string of the molecule is O=C(Nc1ccccc1)N(C1=NC[C@@H](CI)S1)c1ccc(F)cc1F. The van der Waals surface area contributed by atoms with E-state index in [1.165, 1.54) is 22.7 Å². The van der Waals surface area contributed by atoms with Crippen LogP contribution in [0.3, 0.4) is 0 Å². The normalized spacial score (nSPS) is 16.4. The van der Waals surface area contributed by atoms with Crippen LogP contribution >= 0.6 is 34.4 Å². The van der Waals surface area contributed by atoms with Crippen LogP contribution in [0.1, 0.15) is 0 Å². The smallest absolute Gasteiger partial charge is 0.307 e. The van der Waals surface area contributed by atoms with E-state index in [9.17, 15) is 13.6 Å². The predicted molar refractivity (Wildman–Crippen MR) is 107 cm³/mol. The standard InChI is InChI=1S/C17H14F2IN3OS/c18-11-6-7-15(14(19)8-11)23(17-21-10-13(9-20)25-17)16(24)22-12-4-2-1-3-5-12/h1-8,13H,9-10H2,(H,22,24)/t13-/m1/s1. The van der Waals surface area contributed by atoms with E-state index < -0.39 is 17.7 Å². The zero-order valence-corrected chi connectivity index (χ0v) is 15.9. The Labute approximate surface area is 161 Å². The fraction of sp³-hybridized carbons (Fsp3) is 0.176. The second kappa shape index (κ2) is 8.13. The lowest BCUT2D eigenvalue weighted by atomic mass is 10.2.